The van der Waals surface area contributed by atoms with E-state index >= 15 is 0 Å². The average molecular weight is 257 g/mol. The van der Waals surface area contributed by atoms with Gasteiger partial charge in [0, 0.05) is 0 Å². The summed E-state index contributed by atoms with van der Waals surface area (Å²) in [4.78, 5) is 11.5. The lowest BCUT2D eigenvalue weighted by Gasteiger charge is -2.15. The molecule has 0 fully saturated rings. The van der Waals surface area contributed by atoms with Crippen molar-refractivity contribution < 1.29 is 22.7 Å². The molecule has 0 bridgehead atoms. The fraction of sp³-hybridized carbons (Fsp3) is 0.333. The SMILES string of the molecule is CCc1c(C(F)(F)F)ccc(C#N)c1C(=O)OC. The van der Waals surface area contributed by atoms with Crippen LogP contribution in [0.1, 0.15) is 34.0 Å². The zero-order chi connectivity index (χ0) is 13.9. The summed E-state index contributed by atoms with van der Waals surface area (Å²) < 4.78 is 42.8. The summed E-state index contributed by atoms with van der Waals surface area (Å²) in [5.41, 5.74) is -1.55. The molecule has 0 aromatic heterocycles. The highest BCUT2D eigenvalue weighted by Gasteiger charge is 2.35. The Balaban J connectivity index is 3.64. The number of esters is 1. The second-order valence-corrected chi connectivity index (χ2v) is 3.47. The molecule has 18 heavy (non-hydrogen) atoms. The van der Waals surface area contributed by atoms with Crippen molar-refractivity contribution in [2.75, 3.05) is 7.11 Å². The van der Waals surface area contributed by atoms with Crippen LogP contribution in [0.2, 0.25) is 0 Å². The Bertz CT molecular complexity index is 515. The number of methoxy groups -OCH3 is 1. The molecule has 3 nitrogen and oxygen atoms in total. The Kier molecular flexibility index (Phi) is 3.96. The molecule has 1 aromatic carbocycles. The normalized spacial score (nSPS) is 10.9. The molecular formula is C12H10F3NO2. The van der Waals surface area contributed by atoms with Crippen molar-refractivity contribution >= 4 is 5.97 Å². The van der Waals surface area contributed by atoms with Gasteiger partial charge in [0.1, 0.15) is 6.07 Å². The Labute approximate surface area is 102 Å². The van der Waals surface area contributed by atoms with E-state index in [4.69, 9.17) is 5.26 Å². The molecule has 0 aliphatic carbocycles. The van der Waals surface area contributed by atoms with Crippen molar-refractivity contribution in [2.24, 2.45) is 0 Å². The number of benzene rings is 1. The van der Waals surface area contributed by atoms with Crippen molar-refractivity contribution in [1.82, 2.24) is 0 Å². The van der Waals surface area contributed by atoms with Crippen molar-refractivity contribution in [3.8, 4) is 6.07 Å². The molecular weight excluding hydrogens is 247 g/mol. The standard InChI is InChI=1S/C12H10F3NO2/c1-3-8-9(12(13,14)15)5-4-7(6-16)10(8)11(17)18-2/h4-5H,3H2,1-2H3. The maximum absolute atomic E-state index is 12.8. The average Bonchev–Trinajstić information content (AvgIpc) is 2.34. The number of alkyl halides is 3. The summed E-state index contributed by atoms with van der Waals surface area (Å²) in [6, 6.07) is 3.49. The number of carbonyl (C=O) groups is 1. The molecule has 96 valence electrons. The van der Waals surface area contributed by atoms with Crippen molar-refractivity contribution in [3.63, 3.8) is 0 Å². The lowest BCUT2D eigenvalue weighted by atomic mass is 9.94. The molecule has 1 aromatic rings. The van der Waals surface area contributed by atoms with Crippen molar-refractivity contribution in [2.45, 2.75) is 19.5 Å². The molecule has 0 amide bonds. The van der Waals surface area contributed by atoms with Gasteiger partial charge in [-0.05, 0) is 24.1 Å². The zero-order valence-electron chi connectivity index (χ0n) is 9.76. The van der Waals surface area contributed by atoms with Crippen LogP contribution in [0, 0.1) is 11.3 Å². The van der Waals surface area contributed by atoms with Crippen molar-refractivity contribution in [1.29, 1.82) is 5.26 Å². The number of nitriles is 1. The van der Waals surface area contributed by atoms with Gasteiger partial charge in [-0.15, -0.1) is 0 Å². The largest absolute Gasteiger partial charge is 0.465 e. The molecule has 0 saturated carbocycles. The first-order valence-electron chi connectivity index (χ1n) is 5.08. The van der Waals surface area contributed by atoms with Crippen LogP contribution in [0.4, 0.5) is 13.2 Å². The summed E-state index contributed by atoms with van der Waals surface area (Å²) in [6.45, 7) is 1.48. The lowest BCUT2D eigenvalue weighted by molar-refractivity contribution is -0.138. The van der Waals surface area contributed by atoms with Gasteiger partial charge in [-0.1, -0.05) is 6.92 Å². The Hall–Kier alpha value is -2.03. The molecule has 0 aliphatic rings. The zero-order valence-corrected chi connectivity index (χ0v) is 9.76. The molecule has 0 radical (unpaired) electrons. The van der Waals surface area contributed by atoms with Gasteiger partial charge in [-0.2, -0.15) is 18.4 Å². The van der Waals surface area contributed by atoms with Crippen LogP contribution in [0.25, 0.3) is 0 Å². The molecule has 1 rings (SSSR count). The monoisotopic (exact) mass is 257 g/mol. The summed E-state index contributed by atoms with van der Waals surface area (Å²) >= 11 is 0. The number of hydrogen-bond acceptors (Lipinski definition) is 3. The smallest absolute Gasteiger partial charge is 0.416 e. The van der Waals surface area contributed by atoms with Gasteiger partial charge in [0.25, 0.3) is 0 Å². The molecule has 0 unspecified atom stereocenters. The molecule has 0 atom stereocenters. The summed E-state index contributed by atoms with van der Waals surface area (Å²) in [5.74, 6) is -0.936. The maximum atomic E-state index is 12.8. The number of nitrogens with zero attached hydrogens (tertiary/aromatic N) is 1. The van der Waals surface area contributed by atoms with Gasteiger partial charge in [0.15, 0.2) is 0 Å². The van der Waals surface area contributed by atoms with Crippen LogP contribution in [0.3, 0.4) is 0 Å². The highest BCUT2D eigenvalue weighted by molar-refractivity contribution is 5.94. The predicted molar refractivity (Wildman–Crippen MR) is 56.9 cm³/mol. The van der Waals surface area contributed by atoms with Crippen LogP contribution < -0.4 is 0 Å². The quantitative estimate of drug-likeness (QED) is 0.765. The second kappa shape index (κ2) is 5.08. The second-order valence-electron chi connectivity index (χ2n) is 3.47. The minimum Gasteiger partial charge on any atom is -0.465 e. The molecule has 0 spiro atoms. The van der Waals surface area contributed by atoms with Gasteiger partial charge in [0.2, 0.25) is 0 Å². The fourth-order valence-electron chi connectivity index (χ4n) is 1.71. The van der Waals surface area contributed by atoms with E-state index < -0.39 is 17.7 Å². The van der Waals surface area contributed by atoms with Crippen molar-refractivity contribution in [3.05, 3.63) is 34.4 Å². The highest BCUT2D eigenvalue weighted by atomic mass is 19.4. The van der Waals surface area contributed by atoms with Crippen LogP contribution in [0.15, 0.2) is 12.1 Å². The Morgan fingerprint density at radius 2 is 2.06 bits per heavy atom. The maximum Gasteiger partial charge on any atom is 0.416 e. The third kappa shape index (κ3) is 2.45. The highest BCUT2D eigenvalue weighted by Crippen LogP contribution is 2.35. The first-order valence-corrected chi connectivity index (χ1v) is 5.08. The minimum atomic E-state index is -4.57. The fourth-order valence-corrected chi connectivity index (χ4v) is 1.71. The number of ether oxygens (including phenoxy) is 1. The van der Waals surface area contributed by atoms with E-state index in [2.05, 4.69) is 4.74 Å². The molecule has 0 N–H and O–H groups in total. The van der Waals surface area contributed by atoms with Gasteiger partial charge >= 0.3 is 12.1 Å². The third-order valence-electron chi connectivity index (χ3n) is 2.48. The summed E-state index contributed by atoms with van der Waals surface area (Å²) in [7, 11) is 1.06. The number of rotatable bonds is 2. The molecule has 0 aliphatic heterocycles. The van der Waals surface area contributed by atoms with Gasteiger partial charge < -0.3 is 4.74 Å². The molecule has 0 heterocycles. The van der Waals surface area contributed by atoms with Crippen LogP contribution in [-0.2, 0) is 17.3 Å². The predicted octanol–water partition coefficient (Wildman–Crippen LogP) is 2.93. The number of carbonyl (C=O) groups excluding carboxylic acids is 1. The van der Waals surface area contributed by atoms with Gasteiger partial charge in [-0.25, -0.2) is 4.79 Å². The van der Waals surface area contributed by atoms with E-state index in [1.54, 1.807) is 6.07 Å². The Morgan fingerprint density at radius 1 is 1.44 bits per heavy atom. The number of halogens is 3. The van der Waals surface area contributed by atoms with E-state index in [9.17, 15) is 18.0 Å². The molecule has 6 heteroatoms. The van der Waals surface area contributed by atoms with Gasteiger partial charge in [-0.3, -0.25) is 0 Å². The van der Waals surface area contributed by atoms with Gasteiger partial charge in [0.05, 0.1) is 23.8 Å². The summed E-state index contributed by atoms with van der Waals surface area (Å²) in [6.07, 6.45) is -4.59. The van der Waals surface area contributed by atoms with E-state index in [-0.39, 0.29) is 23.1 Å². The Morgan fingerprint density at radius 3 is 2.44 bits per heavy atom. The third-order valence-corrected chi connectivity index (χ3v) is 2.48. The first kappa shape index (κ1) is 14.0. The first-order chi connectivity index (χ1) is 8.36. The van der Waals surface area contributed by atoms with Crippen LogP contribution >= 0.6 is 0 Å². The van der Waals surface area contributed by atoms with E-state index in [0.29, 0.717) is 0 Å². The topological polar surface area (TPSA) is 50.1 Å². The summed E-state index contributed by atoms with van der Waals surface area (Å²) in [5, 5.41) is 8.84. The van der Waals surface area contributed by atoms with E-state index in [1.165, 1.54) is 6.92 Å². The lowest BCUT2D eigenvalue weighted by Crippen LogP contribution is -2.16. The van der Waals surface area contributed by atoms with Crippen LogP contribution in [-0.4, -0.2) is 13.1 Å². The minimum absolute atomic E-state index is 0.0191. The number of hydrogen-bond donors (Lipinski definition) is 0. The molecule has 0 saturated heterocycles. The van der Waals surface area contributed by atoms with E-state index in [0.717, 1.165) is 19.2 Å². The van der Waals surface area contributed by atoms with Crippen LogP contribution in [0.5, 0.6) is 0 Å². The van der Waals surface area contributed by atoms with E-state index in [1.807, 2.05) is 0 Å².